The Morgan fingerprint density at radius 3 is 2.95 bits per heavy atom. The average Bonchev–Trinajstić information content (AvgIpc) is 2.52. The van der Waals surface area contributed by atoms with Gasteiger partial charge in [0, 0.05) is 18.7 Å². The Balaban J connectivity index is 2.20. The Bertz CT molecular complexity index is 532. The zero-order valence-corrected chi connectivity index (χ0v) is 11.1. The standard InChI is InChI=1S/C15H17NO4/c17-8-3-5-12-4-1-2-6-14(12)15(19)16-7-9-20-13(10-16)11-18/h1-2,4,6,13,17-18H,7-11H2. The van der Waals surface area contributed by atoms with E-state index in [2.05, 4.69) is 11.8 Å². The van der Waals surface area contributed by atoms with Crippen molar-refractivity contribution in [3.63, 3.8) is 0 Å². The molecule has 0 aliphatic carbocycles. The fourth-order valence-electron chi connectivity index (χ4n) is 2.10. The number of aliphatic hydroxyl groups is 2. The van der Waals surface area contributed by atoms with Crippen LogP contribution in [-0.2, 0) is 4.74 Å². The van der Waals surface area contributed by atoms with Gasteiger partial charge in [-0.15, -0.1) is 0 Å². The molecule has 5 nitrogen and oxygen atoms in total. The van der Waals surface area contributed by atoms with Gasteiger partial charge in [0.15, 0.2) is 0 Å². The molecule has 1 saturated heterocycles. The number of ether oxygens (including phenoxy) is 1. The van der Waals surface area contributed by atoms with Crippen molar-refractivity contribution >= 4 is 5.91 Å². The van der Waals surface area contributed by atoms with E-state index in [4.69, 9.17) is 14.9 Å². The van der Waals surface area contributed by atoms with Crippen LogP contribution >= 0.6 is 0 Å². The number of carbonyl (C=O) groups excluding carboxylic acids is 1. The molecule has 0 radical (unpaired) electrons. The predicted octanol–water partition coefficient (Wildman–Crippen LogP) is -0.136. The largest absolute Gasteiger partial charge is 0.394 e. The van der Waals surface area contributed by atoms with Gasteiger partial charge >= 0.3 is 0 Å². The summed E-state index contributed by atoms with van der Waals surface area (Å²) in [6.45, 7) is 0.943. The van der Waals surface area contributed by atoms with E-state index in [-0.39, 0.29) is 25.2 Å². The fourth-order valence-corrected chi connectivity index (χ4v) is 2.10. The molecular formula is C15H17NO4. The molecule has 1 atom stereocenters. The quantitative estimate of drug-likeness (QED) is 0.737. The van der Waals surface area contributed by atoms with Crippen LogP contribution in [0.1, 0.15) is 15.9 Å². The Kier molecular flexibility index (Phi) is 5.13. The van der Waals surface area contributed by atoms with Gasteiger partial charge in [0.25, 0.3) is 5.91 Å². The number of amides is 1. The van der Waals surface area contributed by atoms with Gasteiger partial charge < -0.3 is 19.8 Å². The highest BCUT2D eigenvalue weighted by atomic mass is 16.5. The molecule has 5 heteroatoms. The third-order valence-corrected chi connectivity index (χ3v) is 3.09. The van der Waals surface area contributed by atoms with Crippen molar-refractivity contribution in [2.75, 3.05) is 32.9 Å². The van der Waals surface area contributed by atoms with E-state index in [0.29, 0.717) is 30.8 Å². The number of aliphatic hydroxyl groups excluding tert-OH is 2. The zero-order valence-electron chi connectivity index (χ0n) is 11.1. The van der Waals surface area contributed by atoms with Crippen LogP contribution in [0.15, 0.2) is 24.3 Å². The first-order chi connectivity index (χ1) is 9.76. The maximum atomic E-state index is 12.5. The van der Waals surface area contributed by atoms with Crippen LogP contribution in [0.4, 0.5) is 0 Å². The Hall–Kier alpha value is -1.87. The summed E-state index contributed by atoms with van der Waals surface area (Å²) in [4.78, 5) is 14.2. The molecule has 106 valence electrons. The number of hydrogen-bond acceptors (Lipinski definition) is 4. The van der Waals surface area contributed by atoms with Gasteiger partial charge in [-0.1, -0.05) is 24.0 Å². The molecule has 2 rings (SSSR count). The SMILES string of the molecule is O=C(c1ccccc1C#CCO)N1CCOC(CO)C1. The third-order valence-electron chi connectivity index (χ3n) is 3.09. The molecule has 0 saturated carbocycles. The summed E-state index contributed by atoms with van der Waals surface area (Å²) >= 11 is 0. The number of benzene rings is 1. The summed E-state index contributed by atoms with van der Waals surface area (Å²) in [7, 11) is 0. The lowest BCUT2D eigenvalue weighted by atomic mass is 10.1. The molecule has 1 aliphatic rings. The van der Waals surface area contributed by atoms with Gasteiger partial charge in [0.05, 0.1) is 24.9 Å². The highest BCUT2D eigenvalue weighted by molar-refractivity contribution is 5.96. The molecule has 1 unspecified atom stereocenters. The highest BCUT2D eigenvalue weighted by Crippen LogP contribution is 2.14. The van der Waals surface area contributed by atoms with Crippen LogP contribution in [-0.4, -0.2) is 60.0 Å². The predicted molar refractivity (Wildman–Crippen MR) is 73.1 cm³/mol. The van der Waals surface area contributed by atoms with E-state index in [1.54, 1.807) is 29.2 Å². The van der Waals surface area contributed by atoms with Crippen molar-refractivity contribution in [1.82, 2.24) is 4.90 Å². The summed E-state index contributed by atoms with van der Waals surface area (Å²) < 4.78 is 5.33. The first kappa shape index (κ1) is 14.5. The van der Waals surface area contributed by atoms with E-state index >= 15 is 0 Å². The highest BCUT2D eigenvalue weighted by Gasteiger charge is 2.25. The van der Waals surface area contributed by atoms with Gasteiger partial charge in [0.2, 0.25) is 0 Å². The minimum absolute atomic E-state index is 0.101. The second kappa shape index (κ2) is 7.06. The van der Waals surface area contributed by atoms with E-state index in [0.717, 1.165) is 0 Å². The van der Waals surface area contributed by atoms with Gasteiger partial charge in [-0.2, -0.15) is 0 Å². The zero-order chi connectivity index (χ0) is 14.4. The second-order valence-electron chi connectivity index (χ2n) is 4.43. The summed E-state index contributed by atoms with van der Waals surface area (Å²) in [6, 6.07) is 7.04. The smallest absolute Gasteiger partial charge is 0.255 e. The van der Waals surface area contributed by atoms with Gasteiger partial charge in [-0.25, -0.2) is 0 Å². The number of rotatable bonds is 2. The van der Waals surface area contributed by atoms with E-state index in [1.165, 1.54) is 0 Å². The molecule has 1 heterocycles. The van der Waals surface area contributed by atoms with Crippen LogP contribution < -0.4 is 0 Å². The van der Waals surface area contributed by atoms with Crippen molar-refractivity contribution in [3.8, 4) is 11.8 Å². The minimum atomic E-state index is -0.330. The number of morpholine rings is 1. The van der Waals surface area contributed by atoms with Crippen molar-refractivity contribution in [2.24, 2.45) is 0 Å². The molecule has 1 aromatic carbocycles. The van der Waals surface area contributed by atoms with Crippen LogP contribution in [0.25, 0.3) is 0 Å². The van der Waals surface area contributed by atoms with Gasteiger partial charge in [-0.05, 0) is 12.1 Å². The Morgan fingerprint density at radius 2 is 2.20 bits per heavy atom. The van der Waals surface area contributed by atoms with Gasteiger partial charge in [-0.3, -0.25) is 4.79 Å². The fraction of sp³-hybridized carbons (Fsp3) is 0.400. The van der Waals surface area contributed by atoms with Crippen molar-refractivity contribution in [2.45, 2.75) is 6.10 Å². The van der Waals surface area contributed by atoms with Crippen molar-refractivity contribution < 1.29 is 19.7 Å². The van der Waals surface area contributed by atoms with Gasteiger partial charge in [0.1, 0.15) is 6.61 Å². The lowest BCUT2D eigenvalue weighted by molar-refractivity contribution is -0.0447. The molecule has 20 heavy (non-hydrogen) atoms. The molecule has 0 spiro atoms. The van der Waals surface area contributed by atoms with Crippen molar-refractivity contribution in [1.29, 1.82) is 0 Å². The summed E-state index contributed by atoms with van der Waals surface area (Å²) in [6.07, 6.45) is -0.330. The Labute approximate surface area is 117 Å². The van der Waals surface area contributed by atoms with Crippen LogP contribution in [0, 0.1) is 11.8 Å². The molecule has 1 fully saturated rings. The number of carbonyl (C=O) groups is 1. The molecule has 1 aromatic rings. The molecule has 2 N–H and O–H groups in total. The van der Waals surface area contributed by atoms with Crippen LogP contribution in [0.2, 0.25) is 0 Å². The maximum absolute atomic E-state index is 12.5. The lowest BCUT2D eigenvalue weighted by Gasteiger charge is -2.32. The summed E-state index contributed by atoms with van der Waals surface area (Å²) in [5, 5.41) is 17.9. The van der Waals surface area contributed by atoms with E-state index in [9.17, 15) is 4.79 Å². The molecule has 0 bridgehead atoms. The third kappa shape index (κ3) is 3.36. The minimum Gasteiger partial charge on any atom is -0.394 e. The first-order valence-corrected chi connectivity index (χ1v) is 6.46. The molecular weight excluding hydrogens is 258 g/mol. The van der Waals surface area contributed by atoms with Crippen LogP contribution in [0.3, 0.4) is 0 Å². The molecule has 0 aromatic heterocycles. The number of nitrogens with zero attached hydrogens (tertiary/aromatic N) is 1. The summed E-state index contributed by atoms with van der Waals surface area (Å²) in [5.41, 5.74) is 1.10. The van der Waals surface area contributed by atoms with Crippen LogP contribution in [0.5, 0.6) is 0 Å². The molecule has 1 amide bonds. The second-order valence-corrected chi connectivity index (χ2v) is 4.43. The average molecular weight is 275 g/mol. The monoisotopic (exact) mass is 275 g/mol. The Morgan fingerprint density at radius 1 is 1.40 bits per heavy atom. The number of hydrogen-bond donors (Lipinski definition) is 2. The normalized spacial score (nSPS) is 18.3. The topological polar surface area (TPSA) is 70.0 Å². The maximum Gasteiger partial charge on any atom is 0.255 e. The first-order valence-electron chi connectivity index (χ1n) is 6.46. The van der Waals surface area contributed by atoms with E-state index in [1.807, 2.05) is 0 Å². The van der Waals surface area contributed by atoms with E-state index < -0.39 is 0 Å². The summed E-state index contributed by atoms with van der Waals surface area (Å²) in [5.74, 6) is 5.20. The van der Waals surface area contributed by atoms with Crippen molar-refractivity contribution in [3.05, 3.63) is 35.4 Å². The molecule has 1 aliphatic heterocycles. The lowest BCUT2D eigenvalue weighted by Crippen LogP contribution is -2.47.